The van der Waals surface area contributed by atoms with Crippen molar-refractivity contribution >= 4 is 24.0 Å². The van der Waals surface area contributed by atoms with Gasteiger partial charge in [0.1, 0.15) is 23.7 Å². The summed E-state index contributed by atoms with van der Waals surface area (Å²) < 4.78 is 9.53. The number of likely N-dealkylation sites (tertiary alicyclic amines) is 1. The Bertz CT molecular complexity index is 2190. The minimum atomic E-state index is -0.699. The van der Waals surface area contributed by atoms with Gasteiger partial charge >= 0.3 is 12.2 Å². The summed E-state index contributed by atoms with van der Waals surface area (Å²) in [4.78, 5) is 69.4. The van der Waals surface area contributed by atoms with Crippen LogP contribution in [0.5, 0.6) is 0 Å². The Kier molecular flexibility index (Phi) is 11.4. The van der Waals surface area contributed by atoms with E-state index in [1.807, 2.05) is 45.0 Å². The van der Waals surface area contributed by atoms with Crippen LogP contribution in [0.1, 0.15) is 108 Å². The summed E-state index contributed by atoms with van der Waals surface area (Å²) in [6.07, 6.45) is 6.78. The lowest BCUT2D eigenvalue weighted by molar-refractivity contribution is -0.135. The topological polar surface area (TPSA) is 183 Å². The molecule has 7 rings (SSSR count). The lowest BCUT2D eigenvalue weighted by Gasteiger charge is -2.30. The molecule has 4 aromatic rings. The summed E-state index contributed by atoms with van der Waals surface area (Å²) in [6.45, 7) is 12.7. The molecule has 0 unspecified atom stereocenters. The number of methoxy groups -OCH3 is 2. The Labute approximate surface area is 339 Å². The third-order valence-electron chi connectivity index (χ3n) is 12.3. The minimum absolute atomic E-state index is 0.0259. The van der Waals surface area contributed by atoms with Crippen LogP contribution in [0.25, 0.3) is 33.6 Å². The van der Waals surface area contributed by atoms with E-state index in [9.17, 15) is 19.2 Å². The molecule has 2 aromatic carbocycles. The maximum Gasteiger partial charge on any atom is 0.407 e. The van der Waals surface area contributed by atoms with Crippen molar-refractivity contribution in [3.63, 3.8) is 0 Å². The summed E-state index contributed by atoms with van der Waals surface area (Å²) >= 11 is 0. The number of aromatic nitrogens is 4. The molecule has 0 spiro atoms. The summed E-state index contributed by atoms with van der Waals surface area (Å²) in [7, 11) is 2.58. The standard InChI is InChI=1S/C44H56N8O6/c1-23(2)36(50-42(55)57-7)40(53)49-32-12-9-11-29(32)38-45-21-33(47-38)25-14-16-27-28-17-15-26(20-31(28)44(5,6)30(27)19-25)34-22-46-39(48-34)35-13-10-18-52(35)41(54)37(24(3)4)51-43(56)58-8/h14-17,19-24,29,32,35-37H,9-13,18H2,1-8H3,(H,45,47)(H,46,48)(H,49,53)(H,50,55)(H,51,56)/t29-,32-,35-,36-,37-/m0/s1. The molecule has 1 saturated carbocycles. The maximum atomic E-state index is 13.7. The molecule has 308 valence electrons. The number of carbonyl (C=O) groups excluding carboxylic acids is 4. The first-order chi connectivity index (χ1) is 27.7. The Morgan fingerprint density at radius 2 is 1.31 bits per heavy atom. The van der Waals surface area contributed by atoms with Gasteiger partial charge in [-0.05, 0) is 83.0 Å². The number of amides is 4. The maximum absolute atomic E-state index is 13.7. The van der Waals surface area contributed by atoms with E-state index in [4.69, 9.17) is 19.4 Å². The zero-order valence-corrected chi connectivity index (χ0v) is 34.7. The van der Waals surface area contributed by atoms with Crippen LogP contribution in [-0.2, 0) is 24.5 Å². The molecule has 1 aliphatic heterocycles. The number of fused-ring (bicyclic) bond motifs is 3. The van der Waals surface area contributed by atoms with Gasteiger partial charge in [-0.3, -0.25) is 9.59 Å². The molecule has 2 aliphatic carbocycles. The van der Waals surface area contributed by atoms with Gasteiger partial charge in [0.2, 0.25) is 11.8 Å². The Hall–Kier alpha value is -5.66. The van der Waals surface area contributed by atoms with Crippen molar-refractivity contribution in [3.8, 4) is 33.6 Å². The van der Waals surface area contributed by atoms with E-state index in [-0.39, 0.29) is 47.1 Å². The zero-order valence-electron chi connectivity index (χ0n) is 34.7. The van der Waals surface area contributed by atoms with Gasteiger partial charge in [0.15, 0.2) is 0 Å². The number of aromatic amines is 2. The smallest absolute Gasteiger partial charge is 0.407 e. The first kappa shape index (κ1) is 40.5. The Morgan fingerprint density at radius 1 is 0.759 bits per heavy atom. The predicted molar refractivity (Wildman–Crippen MR) is 220 cm³/mol. The van der Waals surface area contributed by atoms with Crippen LogP contribution in [0.4, 0.5) is 9.59 Å². The second-order valence-corrected chi connectivity index (χ2v) is 17.1. The van der Waals surface area contributed by atoms with Gasteiger partial charge in [-0.1, -0.05) is 72.2 Å². The van der Waals surface area contributed by atoms with Gasteiger partial charge in [0.05, 0.1) is 44.0 Å². The first-order valence-electron chi connectivity index (χ1n) is 20.4. The number of benzene rings is 2. The van der Waals surface area contributed by atoms with Crippen molar-refractivity contribution in [2.24, 2.45) is 11.8 Å². The molecule has 0 radical (unpaired) electrons. The molecular weight excluding hydrogens is 737 g/mol. The van der Waals surface area contributed by atoms with E-state index in [1.165, 1.54) is 36.5 Å². The normalized spacial score (nSPS) is 20.4. The first-order valence-corrected chi connectivity index (χ1v) is 20.4. The molecule has 5 atom stereocenters. The molecule has 3 aliphatic rings. The molecule has 5 N–H and O–H groups in total. The fraction of sp³-hybridized carbons (Fsp3) is 0.500. The predicted octanol–water partition coefficient (Wildman–Crippen LogP) is 6.95. The van der Waals surface area contributed by atoms with E-state index in [2.05, 4.69) is 76.2 Å². The number of imidazole rings is 2. The van der Waals surface area contributed by atoms with Crippen molar-refractivity contribution in [2.45, 2.75) is 109 Å². The fourth-order valence-electron chi connectivity index (χ4n) is 9.04. The van der Waals surface area contributed by atoms with Crippen LogP contribution in [0.2, 0.25) is 0 Å². The van der Waals surface area contributed by atoms with Crippen LogP contribution >= 0.6 is 0 Å². The number of ether oxygens (including phenoxy) is 2. The molecule has 4 amide bonds. The highest BCUT2D eigenvalue weighted by Gasteiger charge is 2.39. The van der Waals surface area contributed by atoms with Crippen LogP contribution in [0, 0.1) is 11.8 Å². The summed E-state index contributed by atoms with van der Waals surface area (Å²) in [5.41, 5.74) is 8.38. The lowest BCUT2D eigenvalue weighted by Crippen LogP contribution is -2.52. The second-order valence-electron chi connectivity index (χ2n) is 17.1. The van der Waals surface area contributed by atoms with E-state index in [0.717, 1.165) is 66.3 Å². The van der Waals surface area contributed by atoms with Crippen LogP contribution in [0.3, 0.4) is 0 Å². The highest BCUT2D eigenvalue weighted by atomic mass is 16.5. The highest BCUT2D eigenvalue weighted by Crippen LogP contribution is 2.50. The number of H-pyrrole nitrogens is 2. The van der Waals surface area contributed by atoms with Crippen molar-refractivity contribution in [2.75, 3.05) is 20.8 Å². The Morgan fingerprint density at radius 3 is 1.88 bits per heavy atom. The van der Waals surface area contributed by atoms with Crippen LogP contribution < -0.4 is 16.0 Å². The monoisotopic (exact) mass is 792 g/mol. The summed E-state index contributed by atoms with van der Waals surface area (Å²) in [5, 5.41) is 8.57. The van der Waals surface area contributed by atoms with Crippen molar-refractivity contribution < 1.29 is 28.7 Å². The number of carbonyl (C=O) groups is 4. The Balaban J connectivity index is 1.07. The van der Waals surface area contributed by atoms with Gasteiger partial charge in [-0.15, -0.1) is 0 Å². The quantitative estimate of drug-likeness (QED) is 0.108. The third kappa shape index (κ3) is 7.68. The molecule has 3 heterocycles. The van der Waals surface area contributed by atoms with E-state index in [0.29, 0.717) is 6.54 Å². The molecular formula is C44H56N8O6. The molecule has 1 saturated heterocycles. The van der Waals surface area contributed by atoms with Crippen LogP contribution in [-0.4, -0.2) is 87.7 Å². The van der Waals surface area contributed by atoms with Crippen molar-refractivity contribution in [1.29, 1.82) is 0 Å². The van der Waals surface area contributed by atoms with Gasteiger partial charge < -0.3 is 40.3 Å². The average molecular weight is 793 g/mol. The molecule has 58 heavy (non-hydrogen) atoms. The average Bonchev–Trinajstić information content (AvgIpc) is 4.06. The second kappa shape index (κ2) is 16.3. The number of nitrogens with zero attached hydrogens (tertiary/aromatic N) is 3. The van der Waals surface area contributed by atoms with Gasteiger partial charge in [0, 0.05) is 23.9 Å². The molecule has 2 aromatic heterocycles. The SMILES string of the molecule is COC(=O)N[C@H](C(=O)N[C@H]1CCC[C@@H]1c1ncc(-c2ccc3c(c2)C(C)(C)c2cc(-c4cnc([C@@H]5CCCN5C(=O)[C@@H](NC(=O)OC)C(C)C)[nH]4)ccc2-3)[nH]1)C(C)C. The highest BCUT2D eigenvalue weighted by molar-refractivity contribution is 5.88. The minimum Gasteiger partial charge on any atom is -0.453 e. The van der Waals surface area contributed by atoms with E-state index < -0.39 is 24.3 Å². The number of alkyl carbamates (subject to hydrolysis) is 2. The molecule has 0 bridgehead atoms. The lowest BCUT2D eigenvalue weighted by atomic mass is 9.81. The summed E-state index contributed by atoms with van der Waals surface area (Å²) in [5.74, 6) is 1.02. The fourth-order valence-corrected chi connectivity index (χ4v) is 9.04. The van der Waals surface area contributed by atoms with Crippen molar-refractivity contribution in [1.82, 2.24) is 40.8 Å². The van der Waals surface area contributed by atoms with E-state index in [1.54, 1.807) is 0 Å². The molecule has 2 fully saturated rings. The number of rotatable bonds is 11. The number of hydrogen-bond donors (Lipinski definition) is 5. The zero-order chi connectivity index (χ0) is 41.5. The number of hydrogen-bond acceptors (Lipinski definition) is 8. The van der Waals surface area contributed by atoms with Gasteiger partial charge in [-0.2, -0.15) is 0 Å². The third-order valence-corrected chi connectivity index (χ3v) is 12.3. The molecule has 14 heteroatoms. The number of nitrogens with one attached hydrogen (secondary N) is 5. The molecule has 14 nitrogen and oxygen atoms in total. The van der Waals surface area contributed by atoms with Crippen molar-refractivity contribution in [3.05, 3.63) is 71.6 Å². The summed E-state index contributed by atoms with van der Waals surface area (Å²) in [6, 6.07) is 11.4. The van der Waals surface area contributed by atoms with E-state index >= 15 is 0 Å². The van der Waals surface area contributed by atoms with Gasteiger partial charge in [0.25, 0.3) is 0 Å². The van der Waals surface area contributed by atoms with Crippen LogP contribution in [0.15, 0.2) is 48.8 Å². The largest absolute Gasteiger partial charge is 0.453 e. The van der Waals surface area contributed by atoms with Gasteiger partial charge in [-0.25, -0.2) is 19.6 Å².